The molecule has 0 bridgehead atoms. The third kappa shape index (κ3) is 4.55. The molecule has 0 unspecified atom stereocenters. The fourth-order valence-corrected chi connectivity index (χ4v) is 2.82. The van der Waals surface area contributed by atoms with Crippen molar-refractivity contribution in [1.29, 1.82) is 0 Å². The molecule has 7 heteroatoms. The smallest absolute Gasteiger partial charge is 0.342 e. The summed E-state index contributed by atoms with van der Waals surface area (Å²) in [7, 11) is 0. The Kier molecular flexibility index (Phi) is 5.63. The van der Waals surface area contributed by atoms with Gasteiger partial charge in [-0.25, -0.2) is 4.79 Å². The van der Waals surface area contributed by atoms with Gasteiger partial charge in [-0.15, -0.1) is 5.10 Å². The van der Waals surface area contributed by atoms with Gasteiger partial charge in [-0.2, -0.15) is 0 Å². The zero-order valence-electron chi connectivity index (χ0n) is 13.4. The molecule has 0 radical (unpaired) electrons. The summed E-state index contributed by atoms with van der Waals surface area (Å²) in [6, 6.07) is 15.0. The van der Waals surface area contributed by atoms with Gasteiger partial charge in [0, 0.05) is 11.5 Å². The van der Waals surface area contributed by atoms with Crippen molar-refractivity contribution in [1.82, 2.24) is 9.59 Å². The molecule has 0 aliphatic rings. The van der Waals surface area contributed by atoms with Crippen LogP contribution in [0.15, 0.2) is 48.5 Å². The summed E-state index contributed by atoms with van der Waals surface area (Å²) in [6.07, 6.45) is 0. The van der Waals surface area contributed by atoms with Crippen LogP contribution in [0.3, 0.4) is 0 Å². The summed E-state index contributed by atoms with van der Waals surface area (Å²) in [5.41, 5.74) is 2.98. The van der Waals surface area contributed by atoms with Crippen molar-refractivity contribution >= 4 is 29.1 Å². The van der Waals surface area contributed by atoms with Crippen LogP contribution in [0.1, 0.15) is 27.2 Å². The number of aryl methyl sites for hydroxylation is 1. The van der Waals surface area contributed by atoms with E-state index < -0.39 is 5.97 Å². The fourth-order valence-electron chi connectivity index (χ4n) is 2.22. The van der Waals surface area contributed by atoms with Crippen molar-refractivity contribution < 1.29 is 14.3 Å². The summed E-state index contributed by atoms with van der Waals surface area (Å²) >= 11 is 6.96. The summed E-state index contributed by atoms with van der Waals surface area (Å²) in [5, 5.41) is 3.82. The molecule has 128 valence electrons. The van der Waals surface area contributed by atoms with Gasteiger partial charge in [0.15, 0.2) is 0 Å². The predicted molar refractivity (Wildman–Crippen MR) is 96.0 cm³/mol. The van der Waals surface area contributed by atoms with Crippen LogP contribution in [0.4, 0.5) is 0 Å². The maximum absolute atomic E-state index is 12.3. The van der Waals surface area contributed by atoms with E-state index in [1.807, 2.05) is 37.3 Å². The lowest BCUT2D eigenvalue weighted by atomic mass is 10.1. The number of carbonyl (C=O) groups is 1. The van der Waals surface area contributed by atoms with Gasteiger partial charge in [0.25, 0.3) is 0 Å². The third-order valence-electron chi connectivity index (χ3n) is 3.43. The van der Waals surface area contributed by atoms with Gasteiger partial charge in [-0.05, 0) is 24.6 Å². The van der Waals surface area contributed by atoms with Crippen LogP contribution in [-0.4, -0.2) is 15.6 Å². The van der Waals surface area contributed by atoms with Crippen LogP contribution in [-0.2, 0) is 18.0 Å². The van der Waals surface area contributed by atoms with Gasteiger partial charge in [-0.1, -0.05) is 58.1 Å². The molecular weight excluding hydrogens is 360 g/mol. The van der Waals surface area contributed by atoms with E-state index in [4.69, 9.17) is 21.1 Å². The summed E-state index contributed by atoms with van der Waals surface area (Å²) in [5.74, 6) is -0.0274. The maximum Gasteiger partial charge on any atom is 0.342 e. The summed E-state index contributed by atoms with van der Waals surface area (Å²) in [6.45, 7) is 2.36. The monoisotopic (exact) mass is 374 g/mol. The highest BCUT2D eigenvalue weighted by Crippen LogP contribution is 2.22. The van der Waals surface area contributed by atoms with E-state index in [9.17, 15) is 4.79 Å². The fraction of sp³-hybridized carbons (Fsp3) is 0.167. The van der Waals surface area contributed by atoms with Crippen molar-refractivity contribution in [2.75, 3.05) is 0 Å². The highest BCUT2D eigenvalue weighted by Gasteiger charge is 2.15. The first-order chi connectivity index (χ1) is 12.1. The van der Waals surface area contributed by atoms with Crippen molar-refractivity contribution in [3.8, 4) is 5.75 Å². The van der Waals surface area contributed by atoms with Crippen molar-refractivity contribution in [2.24, 2.45) is 0 Å². The quantitative estimate of drug-likeness (QED) is 0.597. The molecule has 0 amide bonds. The van der Waals surface area contributed by atoms with Crippen LogP contribution >= 0.6 is 23.1 Å². The minimum absolute atomic E-state index is 0.0274. The molecule has 0 spiro atoms. The van der Waals surface area contributed by atoms with Crippen LogP contribution in [0.2, 0.25) is 4.34 Å². The van der Waals surface area contributed by atoms with E-state index in [1.165, 1.54) is 0 Å². The van der Waals surface area contributed by atoms with Crippen LogP contribution in [0.5, 0.6) is 5.75 Å². The molecule has 2 aromatic carbocycles. The number of hydrogen-bond acceptors (Lipinski definition) is 6. The van der Waals surface area contributed by atoms with Gasteiger partial charge in [-0.3, -0.25) is 0 Å². The average Bonchev–Trinajstić information content (AvgIpc) is 3.03. The molecule has 0 atom stereocenters. The lowest BCUT2D eigenvalue weighted by Gasteiger charge is -2.11. The Hall–Kier alpha value is -2.44. The molecule has 1 aromatic heterocycles. The highest BCUT2D eigenvalue weighted by atomic mass is 35.5. The molecule has 1 heterocycles. The SMILES string of the molecule is Cc1cccc(COc2ccccc2C(=O)OCc2nnsc2Cl)c1. The second-order valence-corrected chi connectivity index (χ2v) is 6.70. The molecule has 5 nitrogen and oxygen atoms in total. The molecule has 3 rings (SSSR count). The van der Waals surface area contributed by atoms with E-state index in [2.05, 4.69) is 9.59 Å². The molecule has 0 saturated carbocycles. The Morgan fingerprint density at radius 1 is 1.16 bits per heavy atom. The summed E-state index contributed by atoms with van der Waals surface area (Å²) < 4.78 is 15.2. The first-order valence-corrected chi connectivity index (χ1v) is 8.70. The Morgan fingerprint density at radius 3 is 2.76 bits per heavy atom. The molecule has 0 aliphatic heterocycles. The van der Waals surface area contributed by atoms with E-state index in [1.54, 1.807) is 18.2 Å². The lowest BCUT2D eigenvalue weighted by molar-refractivity contribution is 0.0463. The number of halogens is 1. The predicted octanol–water partition coefficient (Wildman–Crippen LogP) is 4.44. The number of benzene rings is 2. The van der Waals surface area contributed by atoms with Crippen molar-refractivity contribution in [3.63, 3.8) is 0 Å². The summed E-state index contributed by atoms with van der Waals surface area (Å²) in [4.78, 5) is 12.3. The van der Waals surface area contributed by atoms with Crippen molar-refractivity contribution in [2.45, 2.75) is 20.1 Å². The number of carbonyl (C=O) groups excluding carboxylic acids is 1. The lowest BCUT2D eigenvalue weighted by Crippen LogP contribution is -2.08. The highest BCUT2D eigenvalue weighted by molar-refractivity contribution is 7.10. The van der Waals surface area contributed by atoms with E-state index >= 15 is 0 Å². The van der Waals surface area contributed by atoms with Gasteiger partial charge >= 0.3 is 5.97 Å². The molecule has 0 aliphatic carbocycles. The number of aromatic nitrogens is 2. The number of hydrogen-bond donors (Lipinski definition) is 0. The Morgan fingerprint density at radius 2 is 2.00 bits per heavy atom. The number of nitrogens with zero attached hydrogens (tertiary/aromatic N) is 2. The number of esters is 1. The normalized spacial score (nSPS) is 10.5. The maximum atomic E-state index is 12.3. The number of ether oxygens (including phenoxy) is 2. The minimum atomic E-state index is -0.496. The zero-order chi connectivity index (χ0) is 17.6. The first-order valence-electron chi connectivity index (χ1n) is 7.54. The number of para-hydroxylation sites is 1. The molecule has 0 fully saturated rings. The van der Waals surface area contributed by atoms with Gasteiger partial charge in [0.05, 0.1) is 0 Å². The second kappa shape index (κ2) is 8.09. The molecule has 25 heavy (non-hydrogen) atoms. The van der Waals surface area contributed by atoms with Gasteiger partial charge in [0.1, 0.15) is 34.6 Å². The standard InChI is InChI=1S/C18H15ClN2O3S/c1-12-5-4-6-13(9-12)10-23-16-8-3-2-7-14(16)18(22)24-11-15-17(19)25-21-20-15/h2-9H,10-11H2,1H3. The van der Waals surface area contributed by atoms with E-state index in [0.29, 0.717) is 28.0 Å². The zero-order valence-corrected chi connectivity index (χ0v) is 15.0. The van der Waals surface area contributed by atoms with Crippen LogP contribution < -0.4 is 4.74 Å². The number of rotatable bonds is 6. The molecule has 0 N–H and O–H groups in total. The van der Waals surface area contributed by atoms with Gasteiger partial charge in [0.2, 0.25) is 0 Å². The van der Waals surface area contributed by atoms with E-state index in [0.717, 1.165) is 22.7 Å². The minimum Gasteiger partial charge on any atom is -0.488 e. The Labute approximate surface area is 154 Å². The first kappa shape index (κ1) is 17.4. The average molecular weight is 375 g/mol. The Bertz CT molecular complexity index is 882. The van der Waals surface area contributed by atoms with Crippen LogP contribution in [0.25, 0.3) is 0 Å². The third-order valence-corrected chi connectivity index (χ3v) is 4.42. The molecule has 3 aromatic rings. The largest absolute Gasteiger partial charge is 0.488 e. The molecular formula is C18H15ClN2O3S. The molecule has 0 saturated heterocycles. The topological polar surface area (TPSA) is 61.3 Å². The van der Waals surface area contributed by atoms with Crippen molar-refractivity contribution in [3.05, 3.63) is 75.3 Å². The second-order valence-electron chi connectivity index (χ2n) is 5.34. The van der Waals surface area contributed by atoms with E-state index in [-0.39, 0.29) is 6.61 Å². The van der Waals surface area contributed by atoms with Gasteiger partial charge < -0.3 is 9.47 Å². The Balaban J connectivity index is 1.67. The van der Waals surface area contributed by atoms with Crippen LogP contribution in [0, 0.1) is 6.92 Å².